The molecule has 190 valence electrons. The summed E-state index contributed by atoms with van der Waals surface area (Å²) in [6.45, 7) is 8.21. The van der Waals surface area contributed by atoms with Gasteiger partial charge in [-0.05, 0) is 68.2 Å². The normalized spacial score (nSPS) is 20.8. The van der Waals surface area contributed by atoms with Gasteiger partial charge in [0.15, 0.2) is 0 Å². The van der Waals surface area contributed by atoms with Crippen LogP contribution < -0.4 is 14.1 Å². The molecule has 10 heteroatoms. The number of carbonyl (C=O) groups is 1. The number of nitro groups is 1. The average molecular weight is 505 g/mol. The van der Waals surface area contributed by atoms with Crippen molar-refractivity contribution in [1.29, 1.82) is 0 Å². The van der Waals surface area contributed by atoms with Crippen molar-refractivity contribution in [3.8, 4) is 11.5 Å². The third-order valence-corrected chi connectivity index (χ3v) is 7.73. The fraction of sp³-hybridized carbons (Fsp3) is 0.480. The second-order valence-corrected chi connectivity index (χ2v) is 11.5. The molecule has 2 atom stereocenters. The Hall–Kier alpha value is -2.90. The van der Waals surface area contributed by atoms with Crippen LogP contribution in [0.4, 0.5) is 5.69 Å². The van der Waals surface area contributed by atoms with Crippen molar-refractivity contribution in [3.05, 3.63) is 64.7 Å². The van der Waals surface area contributed by atoms with E-state index < -0.39 is 24.7 Å². The first-order valence-corrected chi connectivity index (χ1v) is 13.3. The summed E-state index contributed by atoms with van der Waals surface area (Å²) >= 11 is 0. The molecule has 0 saturated heterocycles. The minimum absolute atomic E-state index is 0.0865. The van der Waals surface area contributed by atoms with Crippen LogP contribution in [0.15, 0.2) is 54.6 Å². The maximum atomic E-state index is 13.6. The lowest BCUT2D eigenvalue weighted by Crippen LogP contribution is -2.39. The number of carbonyl (C=O) groups excluding carboxylic acids is 1. The molecule has 0 bridgehead atoms. The van der Waals surface area contributed by atoms with E-state index in [-0.39, 0.29) is 28.7 Å². The highest BCUT2D eigenvalue weighted by Crippen LogP contribution is 2.46. The molecule has 1 aliphatic carbocycles. The summed E-state index contributed by atoms with van der Waals surface area (Å²) in [6, 6.07) is 12.5. The number of para-hydroxylation sites is 1. The van der Waals surface area contributed by atoms with E-state index in [1.807, 2.05) is 0 Å². The van der Waals surface area contributed by atoms with Crippen LogP contribution in [0.3, 0.4) is 0 Å². The Balaban J connectivity index is 1.67. The number of non-ortho nitro benzene ring substituents is 1. The second kappa shape index (κ2) is 11.2. The summed E-state index contributed by atoms with van der Waals surface area (Å²) in [5, 5.41) is 13.6. The van der Waals surface area contributed by atoms with Gasteiger partial charge < -0.3 is 13.8 Å². The van der Waals surface area contributed by atoms with Gasteiger partial charge in [-0.15, -0.1) is 0 Å². The molecule has 0 heterocycles. The fourth-order valence-electron chi connectivity index (χ4n) is 4.06. The van der Waals surface area contributed by atoms with Crippen molar-refractivity contribution < 1.29 is 28.1 Å². The van der Waals surface area contributed by atoms with Gasteiger partial charge in [0, 0.05) is 12.1 Å². The predicted octanol–water partition coefficient (Wildman–Crippen LogP) is 6.29. The minimum Gasteiger partial charge on any atom is -0.461 e. The summed E-state index contributed by atoms with van der Waals surface area (Å²) in [5.74, 6) is 0.394. The minimum atomic E-state index is -4.12. The highest BCUT2D eigenvalue weighted by molar-refractivity contribution is 7.52. The Bertz CT molecular complexity index is 1050. The molecule has 2 aromatic carbocycles. The summed E-state index contributed by atoms with van der Waals surface area (Å²) in [6.07, 6.45) is 3.37. The van der Waals surface area contributed by atoms with E-state index >= 15 is 0 Å². The van der Waals surface area contributed by atoms with Crippen molar-refractivity contribution in [2.75, 3.05) is 0 Å². The molecule has 0 aromatic heterocycles. The van der Waals surface area contributed by atoms with Gasteiger partial charge in [0.05, 0.1) is 4.92 Å². The van der Waals surface area contributed by atoms with Gasteiger partial charge in [-0.1, -0.05) is 39.0 Å². The molecule has 9 nitrogen and oxygen atoms in total. The van der Waals surface area contributed by atoms with Crippen molar-refractivity contribution >= 4 is 19.4 Å². The maximum Gasteiger partial charge on any atom is 0.513 e. The highest BCUT2D eigenvalue weighted by atomic mass is 31.2. The molecule has 0 spiro atoms. The smallest absolute Gasteiger partial charge is 0.461 e. The lowest BCUT2D eigenvalue weighted by Gasteiger charge is -2.36. The number of ether oxygens (including phenoxy) is 1. The van der Waals surface area contributed by atoms with Crippen molar-refractivity contribution in [2.24, 2.45) is 11.3 Å². The quantitative estimate of drug-likeness (QED) is 0.183. The largest absolute Gasteiger partial charge is 0.513 e. The van der Waals surface area contributed by atoms with Crippen LogP contribution in [0.2, 0.25) is 0 Å². The standard InChI is InChI=1S/C25H33N2O7P/c1-18(24(28)32-21-14-10-19(11-15-21)25(2,3)4)26-35(31,33-22-8-6-5-7-9-22)34-23-16-12-20(13-17-23)27(29)30/h5-9,12-13,16-19,21H,10-11,14-15H2,1-4H3,(H,26,31)/t18-,19?,21?,35-/m0/s1. The monoisotopic (exact) mass is 504 g/mol. The van der Waals surface area contributed by atoms with Crippen LogP contribution in [-0.4, -0.2) is 23.0 Å². The molecule has 35 heavy (non-hydrogen) atoms. The molecule has 1 aliphatic rings. The van der Waals surface area contributed by atoms with Gasteiger partial charge >= 0.3 is 13.7 Å². The predicted molar refractivity (Wildman–Crippen MR) is 132 cm³/mol. The Morgan fingerprint density at radius 3 is 2.06 bits per heavy atom. The Morgan fingerprint density at radius 1 is 1.00 bits per heavy atom. The van der Waals surface area contributed by atoms with E-state index in [9.17, 15) is 19.5 Å². The summed E-state index contributed by atoms with van der Waals surface area (Å²) in [4.78, 5) is 23.2. The van der Waals surface area contributed by atoms with Crippen molar-refractivity contribution in [3.63, 3.8) is 0 Å². The summed E-state index contributed by atoms with van der Waals surface area (Å²) in [5.41, 5.74) is 0.0859. The molecular weight excluding hydrogens is 471 g/mol. The first kappa shape index (κ1) is 26.7. The Morgan fingerprint density at radius 2 is 1.54 bits per heavy atom. The zero-order chi connectivity index (χ0) is 25.6. The number of esters is 1. The third-order valence-electron chi connectivity index (χ3n) is 6.13. The Kier molecular flexibility index (Phi) is 8.56. The van der Waals surface area contributed by atoms with Crippen LogP contribution in [0.5, 0.6) is 11.5 Å². The van der Waals surface area contributed by atoms with Crippen LogP contribution in [0, 0.1) is 21.4 Å². The summed E-state index contributed by atoms with van der Waals surface area (Å²) < 4.78 is 30.5. The first-order chi connectivity index (χ1) is 16.4. The third kappa shape index (κ3) is 7.80. The van der Waals surface area contributed by atoms with Crippen molar-refractivity contribution in [1.82, 2.24) is 5.09 Å². The molecule has 1 N–H and O–H groups in total. The number of hydrogen-bond donors (Lipinski definition) is 1. The van der Waals surface area contributed by atoms with Gasteiger partial charge in [0.25, 0.3) is 5.69 Å². The van der Waals surface area contributed by atoms with Gasteiger partial charge in [-0.25, -0.2) is 4.57 Å². The number of rotatable bonds is 9. The number of nitro benzene ring substituents is 1. The molecule has 2 aromatic rings. The van der Waals surface area contributed by atoms with E-state index in [0.29, 0.717) is 5.92 Å². The molecule has 0 aliphatic heterocycles. The lowest BCUT2D eigenvalue weighted by molar-refractivity contribution is -0.384. The van der Waals surface area contributed by atoms with Crippen LogP contribution in [0.1, 0.15) is 53.4 Å². The molecule has 0 amide bonds. The molecule has 0 radical (unpaired) electrons. The van der Waals surface area contributed by atoms with Gasteiger partial charge in [-0.3, -0.25) is 14.9 Å². The van der Waals surface area contributed by atoms with E-state index in [1.54, 1.807) is 30.3 Å². The average Bonchev–Trinajstić information content (AvgIpc) is 2.79. The van der Waals surface area contributed by atoms with E-state index in [0.717, 1.165) is 25.7 Å². The lowest BCUT2D eigenvalue weighted by atomic mass is 9.72. The zero-order valence-corrected chi connectivity index (χ0v) is 21.4. The molecule has 1 saturated carbocycles. The zero-order valence-electron chi connectivity index (χ0n) is 20.5. The Labute approximate surface area is 205 Å². The van der Waals surface area contributed by atoms with Crippen LogP contribution in [0.25, 0.3) is 0 Å². The van der Waals surface area contributed by atoms with Gasteiger partial charge in [0.1, 0.15) is 23.6 Å². The summed E-state index contributed by atoms with van der Waals surface area (Å²) in [7, 11) is -4.12. The molecular formula is C25H33N2O7P. The van der Waals surface area contributed by atoms with Crippen LogP contribution in [-0.2, 0) is 14.1 Å². The number of hydrogen-bond acceptors (Lipinski definition) is 7. The van der Waals surface area contributed by atoms with E-state index in [4.69, 9.17) is 13.8 Å². The molecule has 0 unspecified atom stereocenters. The second-order valence-electron chi connectivity index (χ2n) is 9.87. The van der Waals surface area contributed by atoms with E-state index in [2.05, 4.69) is 25.9 Å². The number of nitrogens with zero attached hydrogens (tertiary/aromatic N) is 1. The highest BCUT2D eigenvalue weighted by Gasteiger charge is 2.36. The number of nitrogens with one attached hydrogen (secondary N) is 1. The van der Waals surface area contributed by atoms with E-state index in [1.165, 1.54) is 31.2 Å². The van der Waals surface area contributed by atoms with Gasteiger partial charge in [0.2, 0.25) is 0 Å². The van der Waals surface area contributed by atoms with Crippen LogP contribution >= 0.6 is 7.75 Å². The molecule has 3 rings (SSSR count). The fourth-order valence-corrected chi connectivity index (χ4v) is 5.58. The van der Waals surface area contributed by atoms with Crippen molar-refractivity contribution in [2.45, 2.75) is 65.5 Å². The first-order valence-electron chi connectivity index (χ1n) is 11.7. The number of benzene rings is 2. The topological polar surface area (TPSA) is 117 Å². The molecule has 1 fully saturated rings. The van der Waals surface area contributed by atoms with Gasteiger partial charge in [-0.2, -0.15) is 5.09 Å². The maximum absolute atomic E-state index is 13.6. The SMILES string of the molecule is C[C@H](N[P@](=O)(Oc1ccccc1)Oc1ccc([N+](=O)[O-])cc1)C(=O)OC1CCC(C(C)(C)C)CC1.